The van der Waals surface area contributed by atoms with E-state index in [1.807, 2.05) is 36.4 Å². The van der Waals surface area contributed by atoms with Crippen molar-refractivity contribution in [1.29, 1.82) is 0 Å². The molecule has 1 aliphatic heterocycles. The minimum atomic E-state index is -1.04. The molecule has 39 heavy (non-hydrogen) atoms. The molecule has 7 heteroatoms. The molecule has 0 bridgehead atoms. The number of carbonyl (C=O) groups is 3. The number of allylic oxidation sites excluding steroid dienone is 1. The topological polar surface area (TPSA) is 99.6 Å². The second-order valence-corrected chi connectivity index (χ2v) is 11.3. The number of nitrogens with zero attached hydrogens (tertiary/aromatic N) is 2. The number of pyridine rings is 1. The molecule has 0 radical (unpaired) electrons. The number of fused-ring (bicyclic) bond motifs is 1. The molecule has 1 aromatic heterocycles. The fraction of sp³-hybridized carbons (Fsp3) is 0.312. The summed E-state index contributed by atoms with van der Waals surface area (Å²) < 4.78 is 0. The first-order valence-electron chi connectivity index (χ1n) is 13.3. The lowest BCUT2D eigenvalue weighted by Crippen LogP contribution is -2.38. The van der Waals surface area contributed by atoms with E-state index in [1.165, 1.54) is 5.56 Å². The quantitative estimate of drug-likeness (QED) is 0.416. The second kappa shape index (κ2) is 10.5. The molecule has 2 aliphatic rings. The van der Waals surface area contributed by atoms with Crippen molar-refractivity contribution >= 4 is 29.0 Å². The first-order valence-corrected chi connectivity index (χ1v) is 13.3. The van der Waals surface area contributed by atoms with Gasteiger partial charge in [0.2, 0.25) is 5.91 Å². The van der Waals surface area contributed by atoms with Crippen LogP contribution in [-0.2, 0) is 19.8 Å². The summed E-state index contributed by atoms with van der Waals surface area (Å²) in [4.78, 5) is 44.7. The van der Waals surface area contributed by atoms with Gasteiger partial charge in [0.15, 0.2) is 5.78 Å². The minimum absolute atomic E-state index is 0.00252. The van der Waals surface area contributed by atoms with Gasteiger partial charge in [0.25, 0.3) is 0 Å². The molecule has 2 atom stereocenters. The number of hydrogen-bond acceptors (Lipinski definition) is 5. The van der Waals surface area contributed by atoms with Crippen LogP contribution in [-0.4, -0.2) is 27.8 Å². The number of rotatable bonds is 5. The van der Waals surface area contributed by atoms with Crippen LogP contribution in [0.5, 0.6) is 0 Å². The van der Waals surface area contributed by atoms with Crippen LogP contribution in [0.3, 0.4) is 0 Å². The molecule has 2 aromatic carbocycles. The van der Waals surface area contributed by atoms with Crippen molar-refractivity contribution in [3.63, 3.8) is 0 Å². The highest BCUT2D eigenvalue weighted by Gasteiger charge is 2.41. The van der Waals surface area contributed by atoms with E-state index in [2.05, 4.69) is 55.3 Å². The Morgan fingerprint density at radius 1 is 0.949 bits per heavy atom. The number of carboxylic acids is 1. The molecule has 2 heterocycles. The number of aliphatic carboxylic acids is 1. The number of amides is 1. The summed E-state index contributed by atoms with van der Waals surface area (Å²) >= 11 is 0. The van der Waals surface area contributed by atoms with Crippen molar-refractivity contribution in [2.24, 2.45) is 0 Å². The third-order valence-electron chi connectivity index (χ3n) is 7.58. The summed E-state index contributed by atoms with van der Waals surface area (Å²) in [5.74, 6) is -1.43. The molecule has 2 unspecified atom stereocenters. The molecular formula is C32H33N3O4. The van der Waals surface area contributed by atoms with E-state index in [-0.39, 0.29) is 35.9 Å². The Labute approximate surface area is 228 Å². The average molecular weight is 524 g/mol. The van der Waals surface area contributed by atoms with Gasteiger partial charge in [-0.2, -0.15) is 0 Å². The lowest BCUT2D eigenvalue weighted by atomic mass is 9.77. The van der Waals surface area contributed by atoms with Gasteiger partial charge in [0.1, 0.15) is 0 Å². The summed E-state index contributed by atoms with van der Waals surface area (Å²) in [6.07, 6.45) is 3.76. The second-order valence-electron chi connectivity index (χ2n) is 11.3. The lowest BCUT2D eigenvalue weighted by molar-refractivity contribution is -0.138. The number of Topliss-reactive ketones (excluding diaryl/α,β-unsaturated/α-hetero) is 1. The monoisotopic (exact) mass is 523 g/mol. The van der Waals surface area contributed by atoms with E-state index in [4.69, 9.17) is 0 Å². The Hall–Kier alpha value is -4.26. The maximum absolute atomic E-state index is 14.0. The number of anilines is 2. The fourth-order valence-electron chi connectivity index (χ4n) is 5.55. The van der Waals surface area contributed by atoms with Crippen LogP contribution < -0.4 is 10.2 Å². The highest BCUT2D eigenvalue weighted by atomic mass is 16.4. The van der Waals surface area contributed by atoms with Gasteiger partial charge >= 0.3 is 5.97 Å². The van der Waals surface area contributed by atoms with Crippen LogP contribution in [0.25, 0.3) is 0 Å². The first kappa shape index (κ1) is 26.4. The Balaban J connectivity index is 1.62. The summed E-state index contributed by atoms with van der Waals surface area (Å²) in [6.45, 7) is 6.54. The third kappa shape index (κ3) is 5.35. The van der Waals surface area contributed by atoms with E-state index in [0.29, 0.717) is 29.8 Å². The zero-order valence-corrected chi connectivity index (χ0v) is 22.5. The van der Waals surface area contributed by atoms with Gasteiger partial charge < -0.3 is 10.4 Å². The molecule has 0 spiro atoms. The zero-order valence-electron chi connectivity index (χ0n) is 22.5. The van der Waals surface area contributed by atoms with Crippen molar-refractivity contribution in [3.05, 3.63) is 101 Å². The Bertz CT molecular complexity index is 1440. The number of aromatic nitrogens is 1. The van der Waals surface area contributed by atoms with Gasteiger partial charge in [0.05, 0.1) is 23.8 Å². The van der Waals surface area contributed by atoms with E-state index in [9.17, 15) is 19.5 Å². The number of hydrogen-bond donors (Lipinski definition) is 2. The highest BCUT2D eigenvalue weighted by Crippen LogP contribution is 2.47. The molecule has 0 fully saturated rings. The predicted octanol–water partition coefficient (Wildman–Crippen LogP) is 6.14. The highest BCUT2D eigenvalue weighted by molar-refractivity contribution is 6.06. The van der Waals surface area contributed by atoms with Crippen molar-refractivity contribution in [1.82, 2.24) is 4.98 Å². The van der Waals surface area contributed by atoms with E-state index in [0.717, 1.165) is 16.8 Å². The number of carbonyl (C=O) groups excluding carboxylic acids is 2. The smallest absolute Gasteiger partial charge is 0.303 e. The molecule has 200 valence electrons. The predicted molar refractivity (Wildman–Crippen MR) is 151 cm³/mol. The summed E-state index contributed by atoms with van der Waals surface area (Å²) in [6, 6.07) is 18.9. The number of benzene rings is 2. The van der Waals surface area contributed by atoms with Crippen molar-refractivity contribution < 1.29 is 19.5 Å². The van der Waals surface area contributed by atoms with Crippen LogP contribution in [0.4, 0.5) is 11.4 Å². The maximum Gasteiger partial charge on any atom is 0.303 e. The Morgan fingerprint density at radius 3 is 2.31 bits per heavy atom. The van der Waals surface area contributed by atoms with Crippen LogP contribution >= 0.6 is 0 Å². The average Bonchev–Trinajstić information content (AvgIpc) is 3.06. The largest absolute Gasteiger partial charge is 0.481 e. The van der Waals surface area contributed by atoms with Crippen molar-refractivity contribution in [2.45, 2.75) is 63.8 Å². The SMILES string of the molecule is CC(C)(C)c1ccc(C2CC(=O)C3=C(C2)Nc2ccccc2N(C(=O)CCC(=O)O)C3c2ccncc2)cc1. The summed E-state index contributed by atoms with van der Waals surface area (Å²) in [5.41, 5.74) is 5.80. The Kier molecular flexibility index (Phi) is 7.08. The lowest BCUT2D eigenvalue weighted by Gasteiger charge is -2.35. The van der Waals surface area contributed by atoms with Gasteiger partial charge in [0, 0.05) is 36.5 Å². The number of nitrogens with one attached hydrogen (secondary N) is 1. The molecule has 5 rings (SSSR count). The fourth-order valence-corrected chi connectivity index (χ4v) is 5.55. The van der Waals surface area contributed by atoms with E-state index < -0.39 is 12.0 Å². The van der Waals surface area contributed by atoms with Crippen molar-refractivity contribution in [3.8, 4) is 0 Å². The van der Waals surface area contributed by atoms with Gasteiger partial charge in [-0.05, 0) is 58.7 Å². The molecule has 1 amide bonds. The van der Waals surface area contributed by atoms with Crippen LogP contribution in [0.1, 0.15) is 75.1 Å². The number of carboxylic acid groups (broad SMARTS) is 1. The van der Waals surface area contributed by atoms with Crippen LogP contribution in [0, 0.1) is 0 Å². The Morgan fingerprint density at radius 2 is 1.64 bits per heavy atom. The minimum Gasteiger partial charge on any atom is -0.481 e. The molecule has 0 saturated heterocycles. The van der Waals surface area contributed by atoms with Gasteiger partial charge in [-0.1, -0.05) is 57.2 Å². The molecular weight excluding hydrogens is 490 g/mol. The van der Waals surface area contributed by atoms with Crippen molar-refractivity contribution in [2.75, 3.05) is 10.2 Å². The summed E-state index contributed by atoms with van der Waals surface area (Å²) in [7, 11) is 0. The van der Waals surface area contributed by atoms with E-state index in [1.54, 1.807) is 17.3 Å². The molecule has 1 aliphatic carbocycles. The van der Waals surface area contributed by atoms with Gasteiger partial charge in [-0.3, -0.25) is 24.3 Å². The van der Waals surface area contributed by atoms with Gasteiger partial charge in [-0.15, -0.1) is 0 Å². The molecule has 7 nitrogen and oxygen atoms in total. The normalized spacial score (nSPS) is 19.1. The first-order chi connectivity index (χ1) is 18.6. The third-order valence-corrected chi connectivity index (χ3v) is 7.58. The maximum atomic E-state index is 14.0. The number of para-hydroxylation sites is 2. The number of ketones is 1. The molecule has 2 N–H and O–H groups in total. The van der Waals surface area contributed by atoms with Crippen LogP contribution in [0.15, 0.2) is 84.3 Å². The van der Waals surface area contributed by atoms with E-state index >= 15 is 0 Å². The molecule has 3 aromatic rings. The summed E-state index contributed by atoms with van der Waals surface area (Å²) in [5, 5.41) is 12.8. The standard InChI is InChI=1S/C32H33N3O4/c1-32(2,3)23-10-8-20(9-11-23)22-18-25-30(27(36)19-22)31(21-14-16-33-17-15-21)35(28(37)12-13-29(38)39)26-7-5-4-6-24(26)34-25/h4-11,14-17,22,31,34H,12-13,18-19H2,1-3H3,(H,38,39). The van der Waals surface area contributed by atoms with Gasteiger partial charge in [-0.25, -0.2) is 0 Å². The molecule has 0 saturated carbocycles. The van der Waals surface area contributed by atoms with Crippen LogP contribution in [0.2, 0.25) is 0 Å². The zero-order chi connectivity index (χ0) is 27.7.